The fourth-order valence-corrected chi connectivity index (χ4v) is 3.09. The Kier molecular flexibility index (Phi) is 4.15. The van der Waals surface area contributed by atoms with E-state index < -0.39 is 0 Å². The first-order chi connectivity index (χ1) is 10.2. The number of hydrogen-bond acceptors (Lipinski definition) is 3. The average molecular weight is 393 g/mol. The first kappa shape index (κ1) is 14.8. The van der Waals surface area contributed by atoms with Crippen molar-refractivity contribution in [3.05, 3.63) is 51.0 Å². The van der Waals surface area contributed by atoms with Gasteiger partial charge in [-0.25, -0.2) is 9.97 Å². The molecule has 2 aromatic rings. The van der Waals surface area contributed by atoms with Crippen LogP contribution in [-0.2, 0) is 5.41 Å². The van der Waals surface area contributed by atoms with Crippen molar-refractivity contribution in [1.29, 1.82) is 0 Å². The first-order valence-corrected chi connectivity index (χ1v) is 8.59. The number of anilines is 1. The summed E-state index contributed by atoms with van der Waals surface area (Å²) in [5.74, 6) is 1.97. The van der Waals surface area contributed by atoms with Crippen molar-refractivity contribution in [3.63, 3.8) is 0 Å². The molecule has 4 heteroatoms. The van der Waals surface area contributed by atoms with E-state index >= 15 is 0 Å². The Morgan fingerprint density at radius 1 is 1.19 bits per heavy atom. The Bertz CT molecular complexity index is 636. The van der Waals surface area contributed by atoms with Crippen LogP contribution in [0, 0.1) is 10.5 Å². The van der Waals surface area contributed by atoms with Crippen LogP contribution in [0.5, 0.6) is 0 Å². The zero-order valence-corrected chi connectivity index (χ0v) is 14.6. The van der Waals surface area contributed by atoms with Crippen LogP contribution in [0.1, 0.15) is 43.3 Å². The molecule has 0 unspecified atom stereocenters. The van der Waals surface area contributed by atoms with Crippen molar-refractivity contribution in [2.75, 3.05) is 11.9 Å². The highest BCUT2D eigenvalue weighted by molar-refractivity contribution is 14.1. The molecule has 0 radical (unpaired) electrons. The van der Waals surface area contributed by atoms with Crippen molar-refractivity contribution in [2.24, 2.45) is 0 Å². The van der Waals surface area contributed by atoms with Crippen molar-refractivity contribution < 1.29 is 0 Å². The first-order valence-electron chi connectivity index (χ1n) is 7.51. The molecule has 1 saturated carbocycles. The topological polar surface area (TPSA) is 37.8 Å². The number of nitrogens with zero attached hydrogens (tertiary/aromatic N) is 2. The largest absolute Gasteiger partial charge is 0.369 e. The summed E-state index contributed by atoms with van der Waals surface area (Å²) < 4.78 is 1.13. The summed E-state index contributed by atoms with van der Waals surface area (Å²) in [4.78, 5) is 9.64. The predicted molar refractivity (Wildman–Crippen MR) is 94.7 cm³/mol. The van der Waals surface area contributed by atoms with Gasteiger partial charge in [0.1, 0.15) is 11.6 Å². The SMILES string of the molecule is CCCNc1nc(C2(c3ccccc3)CC2)nc(C)c1I. The van der Waals surface area contributed by atoms with E-state index in [4.69, 9.17) is 9.97 Å². The van der Waals surface area contributed by atoms with Crippen LogP contribution < -0.4 is 5.32 Å². The molecule has 0 saturated heterocycles. The maximum atomic E-state index is 4.85. The molecule has 1 N–H and O–H groups in total. The lowest BCUT2D eigenvalue weighted by Gasteiger charge is -2.17. The van der Waals surface area contributed by atoms with Crippen molar-refractivity contribution in [1.82, 2.24) is 9.97 Å². The van der Waals surface area contributed by atoms with Gasteiger partial charge in [0.2, 0.25) is 0 Å². The van der Waals surface area contributed by atoms with Gasteiger partial charge in [0, 0.05) is 6.54 Å². The number of aryl methyl sites for hydroxylation is 1. The Balaban J connectivity index is 2.01. The summed E-state index contributed by atoms with van der Waals surface area (Å²) >= 11 is 2.34. The van der Waals surface area contributed by atoms with E-state index in [1.54, 1.807) is 0 Å². The summed E-state index contributed by atoms with van der Waals surface area (Å²) in [6, 6.07) is 10.7. The van der Waals surface area contributed by atoms with Gasteiger partial charge in [-0.2, -0.15) is 0 Å². The zero-order chi connectivity index (χ0) is 14.9. The molecule has 0 amide bonds. The Hall–Kier alpha value is -1.17. The fraction of sp³-hybridized carbons (Fsp3) is 0.412. The highest BCUT2D eigenvalue weighted by Gasteiger charge is 2.48. The van der Waals surface area contributed by atoms with Crippen LogP contribution in [-0.4, -0.2) is 16.5 Å². The van der Waals surface area contributed by atoms with Crippen molar-refractivity contribution in [2.45, 2.75) is 38.5 Å². The van der Waals surface area contributed by atoms with Crippen LogP contribution in [0.4, 0.5) is 5.82 Å². The monoisotopic (exact) mass is 393 g/mol. The molecule has 1 heterocycles. The van der Waals surface area contributed by atoms with E-state index in [9.17, 15) is 0 Å². The highest BCUT2D eigenvalue weighted by Crippen LogP contribution is 2.52. The van der Waals surface area contributed by atoms with Gasteiger partial charge in [0.15, 0.2) is 0 Å². The van der Waals surface area contributed by atoms with Gasteiger partial charge in [-0.1, -0.05) is 37.3 Å². The van der Waals surface area contributed by atoms with E-state index in [2.05, 4.69) is 72.1 Å². The Morgan fingerprint density at radius 3 is 2.52 bits per heavy atom. The van der Waals surface area contributed by atoms with Crippen LogP contribution in [0.3, 0.4) is 0 Å². The van der Waals surface area contributed by atoms with Gasteiger partial charge in [-0.3, -0.25) is 0 Å². The minimum Gasteiger partial charge on any atom is -0.369 e. The van der Waals surface area contributed by atoms with Gasteiger partial charge >= 0.3 is 0 Å². The van der Waals surface area contributed by atoms with Crippen LogP contribution in [0.25, 0.3) is 0 Å². The van der Waals surface area contributed by atoms with Gasteiger partial charge in [0.25, 0.3) is 0 Å². The molecule has 3 nitrogen and oxygen atoms in total. The molecule has 1 aliphatic rings. The summed E-state index contributed by atoms with van der Waals surface area (Å²) in [6.07, 6.45) is 3.38. The maximum absolute atomic E-state index is 4.85. The number of hydrogen-bond donors (Lipinski definition) is 1. The third-order valence-electron chi connectivity index (χ3n) is 4.06. The van der Waals surface area contributed by atoms with E-state index in [0.29, 0.717) is 0 Å². The molecule has 21 heavy (non-hydrogen) atoms. The number of benzene rings is 1. The van der Waals surface area contributed by atoms with Crippen molar-refractivity contribution in [3.8, 4) is 0 Å². The van der Waals surface area contributed by atoms with E-state index in [0.717, 1.165) is 46.7 Å². The van der Waals surface area contributed by atoms with Crippen LogP contribution in [0.2, 0.25) is 0 Å². The molecule has 110 valence electrons. The zero-order valence-electron chi connectivity index (χ0n) is 12.5. The minimum absolute atomic E-state index is 0.0407. The predicted octanol–water partition coefficient (Wildman–Crippen LogP) is 4.29. The van der Waals surface area contributed by atoms with Gasteiger partial charge < -0.3 is 5.32 Å². The number of halogens is 1. The number of aromatic nitrogens is 2. The summed E-state index contributed by atoms with van der Waals surface area (Å²) in [7, 11) is 0. The lowest BCUT2D eigenvalue weighted by atomic mass is 9.95. The Labute approximate surface area is 139 Å². The average Bonchev–Trinajstić information content (AvgIpc) is 3.31. The number of nitrogens with one attached hydrogen (secondary N) is 1. The lowest BCUT2D eigenvalue weighted by molar-refractivity contribution is 0.745. The smallest absolute Gasteiger partial charge is 0.143 e. The number of rotatable bonds is 5. The standard InChI is InChI=1S/C17H20IN3/c1-3-11-19-15-14(18)12(2)20-16(21-15)17(9-10-17)13-7-5-4-6-8-13/h4-8H,3,9-11H2,1-2H3,(H,19,20,21). The van der Waals surface area contributed by atoms with Gasteiger partial charge in [-0.05, 0) is 54.3 Å². The molecule has 1 aromatic heterocycles. The van der Waals surface area contributed by atoms with E-state index in [-0.39, 0.29) is 5.41 Å². The summed E-state index contributed by atoms with van der Waals surface area (Å²) in [5, 5.41) is 3.44. The molecule has 1 aliphatic carbocycles. The third kappa shape index (κ3) is 2.78. The summed E-state index contributed by atoms with van der Waals surface area (Å²) in [5.41, 5.74) is 2.45. The van der Waals surface area contributed by atoms with E-state index in [1.165, 1.54) is 5.56 Å². The molecule has 0 bridgehead atoms. The fourth-order valence-electron chi connectivity index (χ4n) is 2.66. The van der Waals surface area contributed by atoms with Gasteiger partial charge in [0.05, 0.1) is 14.7 Å². The molecular weight excluding hydrogens is 373 g/mol. The molecule has 0 atom stereocenters. The second kappa shape index (κ2) is 5.91. The van der Waals surface area contributed by atoms with E-state index in [1.807, 2.05) is 0 Å². The lowest BCUT2D eigenvalue weighted by Crippen LogP contribution is -2.17. The molecule has 0 aliphatic heterocycles. The second-order valence-electron chi connectivity index (χ2n) is 5.67. The van der Waals surface area contributed by atoms with Gasteiger partial charge in [-0.15, -0.1) is 0 Å². The molecule has 1 aromatic carbocycles. The second-order valence-corrected chi connectivity index (χ2v) is 6.75. The third-order valence-corrected chi connectivity index (χ3v) is 5.36. The summed E-state index contributed by atoms with van der Waals surface area (Å²) in [6.45, 7) is 5.19. The molecule has 3 rings (SSSR count). The van der Waals surface area contributed by atoms with Crippen LogP contribution >= 0.6 is 22.6 Å². The molecule has 0 spiro atoms. The van der Waals surface area contributed by atoms with Crippen LogP contribution in [0.15, 0.2) is 30.3 Å². The highest BCUT2D eigenvalue weighted by atomic mass is 127. The Morgan fingerprint density at radius 2 is 1.90 bits per heavy atom. The molecule has 1 fully saturated rings. The normalized spacial score (nSPS) is 15.8. The quantitative estimate of drug-likeness (QED) is 0.771. The minimum atomic E-state index is 0.0407. The maximum Gasteiger partial charge on any atom is 0.143 e. The molecular formula is C17H20IN3. The van der Waals surface area contributed by atoms with Crippen molar-refractivity contribution >= 4 is 28.4 Å².